The van der Waals surface area contributed by atoms with E-state index in [0.717, 1.165) is 22.6 Å². The number of anilines is 1. The monoisotopic (exact) mass is 215 g/mol. The van der Waals surface area contributed by atoms with Gasteiger partial charge in [0.05, 0.1) is 0 Å². The lowest BCUT2D eigenvalue weighted by Gasteiger charge is -2.22. The number of carbonyl (C=O) groups is 1. The van der Waals surface area contributed by atoms with Gasteiger partial charge in [-0.25, -0.2) is 4.98 Å². The van der Waals surface area contributed by atoms with E-state index < -0.39 is 5.91 Å². The lowest BCUT2D eigenvalue weighted by atomic mass is 10.0. The molecule has 0 atom stereocenters. The second kappa shape index (κ2) is 3.81. The van der Waals surface area contributed by atoms with E-state index in [9.17, 15) is 4.79 Å². The molecule has 1 amide bonds. The summed E-state index contributed by atoms with van der Waals surface area (Å²) in [4.78, 5) is 17.3. The SMILES string of the molecule is Cc1ccc2c(n1)N(C)C=C/C2=C\C(N)=O. The number of pyridine rings is 1. The Hall–Kier alpha value is -2.10. The van der Waals surface area contributed by atoms with E-state index in [2.05, 4.69) is 4.98 Å². The number of amides is 1. The highest BCUT2D eigenvalue weighted by atomic mass is 16.1. The predicted molar refractivity (Wildman–Crippen MR) is 63.7 cm³/mol. The van der Waals surface area contributed by atoms with E-state index >= 15 is 0 Å². The largest absolute Gasteiger partial charge is 0.366 e. The van der Waals surface area contributed by atoms with Crippen LogP contribution in [0.15, 0.2) is 30.5 Å². The molecule has 1 aliphatic heterocycles. The molecule has 2 rings (SSSR count). The lowest BCUT2D eigenvalue weighted by molar-refractivity contribution is -0.113. The van der Waals surface area contributed by atoms with Crippen molar-refractivity contribution in [3.8, 4) is 0 Å². The molecule has 0 bridgehead atoms. The highest BCUT2D eigenvalue weighted by molar-refractivity contribution is 5.99. The van der Waals surface area contributed by atoms with Gasteiger partial charge in [-0.05, 0) is 30.7 Å². The molecular weight excluding hydrogens is 202 g/mol. The summed E-state index contributed by atoms with van der Waals surface area (Å²) in [6.07, 6.45) is 5.13. The molecule has 0 unspecified atom stereocenters. The molecule has 4 heteroatoms. The summed E-state index contributed by atoms with van der Waals surface area (Å²) >= 11 is 0. The molecule has 82 valence electrons. The van der Waals surface area contributed by atoms with Gasteiger partial charge in [-0.1, -0.05) is 0 Å². The molecule has 4 nitrogen and oxygen atoms in total. The van der Waals surface area contributed by atoms with Crippen molar-refractivity contribution in [3.63, 3.8) is 0 Å². The standard InChI is InChI=1S/C12H13N3O/c1-8-3-4-10-9(7-11(13)16)5-6-15(2)12(10)14-8/h3-7H,1-2H3,(H2,13,16)/b9-7+. The third kappa shape index (κ3) is 1.82. The maximum absolute atomic E-state index is 10.9. The fraction of sp³-hybridized carbons (Fsp3) is 0.167. The van der Waals surface area contributed by atoms with Crippen molar-refractivity contribution in [2.45, 2.75) is 6.92 Å². The molecule has 1 aliphatic rings. The van der Waals surface area contributed by atoms with Crippen LogP contribution in [0.5, 0.6) is 0 Å². The van der Waals surface area contributed by atoms with Crippen molar-refractivity contribution in [3.05, 3.63) is 41.7 Å². The van der Waals surface area contributed by atoms with E-state index in [1.807, 2.05) is 43.3 Å². The molecular formula is C12H13N3O. The van der Waals surface area contributed by atoms with Crippen LogP contribution in [0.3, 0.4) is 0 Å². The number of nitrogens with two attached hydrogens (primary N) is 1. The maximum Gasteiger partial charge on any atom is 0.242 e. The zero-order valence-electron chi connectivity index (χ0n) is 9.27. The van der Waals surface area contributed by atoms with Crippen LogP contribution in [-0.4, -0.2) is 17.9 Å². The Bertz CT molecular complexity index is 503. The number of primary amides is 1. The van der Waals surface area contributed by atoms with Gasteiger partial charge in [0.2, 0.25) is 5.91 Å². The van der Waals surface area contributed by atoms with Crippen molar-refractivity contribution in [2.75, 3.05) is 11.9 Å². The minimum atomic E-state index is -0.448. The van der Waals surface area contributed by atoms with Crippen molar-refractivity contribution in [2.24, 2.45) is 5.73 Å². The van der Waals surface area contributed by atoms with Gasteiger partial charge in [-0.2, -0.15) is 0 Å². The molecule has 0 fully saturated rings. The molecule has 16 heavy (non-hydrogen) atoms. The summed E-state index contributed by atoms with van der Waals surface area (Å²) in [6.45, 7) is 1.93. The molecule has 0 radical (unpaired) electrons. The molecule has 1 aromatic rings. The molecule has 2 heterocycles. The maximum atomic E-state index is 10.9. The first-order chi connectivity index (χ1) is 7.58. The van der Waals surface area contributed by atoms with Gasteiger partial charge in [0.1, 0.15) is 5.82 Å². The van der Waals surface area contributed by atoms with Crippen LogP contribution in [0.1, 0.15) is 11.3 Å². The highest BCUT2D eigenvalue weighted by Crippen LogP contribution is 2.30. The molecule has 0 spiro atoms. The number of hydrogen-bond acceptors (Lipinski definition) is 3. The second-order valence-corrected chi connectivity index (χ2v) is 3.75. The number of carbonyl (C=O) groups excluding carboxylic acids is 1. The van der Waals surface area contributed by atoms with E-state index in [0.29, 0.717) is 0 Å². The van der Waals surface area contributed by atoms with E-state index in [1.165, 1.54) is 6.08 Å². The Labute approximate surface area is 94.1 Å². The Morgan fingerprint density at radius 1 is 1.50 bits per heavy atom. The van der Waals surface area contributed by atoms with E-state index in [1.54, 1.807) is 0 Å². The number of hydrogen-bond donors (Lipinski definition) is 1. The minimum Gasteiger partial charge on any atom is -0.366 e. The van der Waals surface area contributed by atoms with Gasteiger partial charge in [0, 0.05) is 30.6 Å². The molecule has 0 aliphatic carbocycles. The quantitative estimate of drug-likeness (QED) is 0.716. The van der Waals surface area contributed by atoms with Crippen LogP contribution in [0.2, 0.25) is 0 Å². The van der Waals surface area contributed by atoms with Gasteiger partial charge < -0.3 is 10.6 Å². The van der Waals surface area contributed by atoms with Gasteiger partial charge in [-0.15, -0.1) is 0 Å². The molecule has 1 aromatic heterocycles. The number of aryl methyl sites for hydroxylation is 1. The zero-order chi connectivity index (χ0) is 11.7. The van der Waals surface area contributed by atoms with Crippen LogP contribution < -0.4 is 10.6 Å². The van der Waals surface area contributed by atoms with Crippen molar-refractivity contribution < 1.29 is 4.79 Å². The zero-order valence-corrected chi connectivity index (χ0v) is 9.27. The first kappa shape index (κ1) is 10.4. The summed E-state index contributed by atoms with van der Waals surface area (Å²) < 4.78 is 0. The van der Waals surface area contributed by atoms with Crippen LogP contribution in [0.4, 0.5) is 5.82 Å². The molecule has 0 saturated carbocycles. The smallest absolute Gasteiger partial charge is 0.242 e. The number of nitrogens with zero attached hydrogens (tertiary/aromatic N) is 2. The fourth-order valence-corrected chi connectivity index (χ4v) is 1.67. The Morgan fingerprint density at radius 3 is 2.94 bits per heavy atom. The van der Waals surface area contributed by atoms with Crippen molar-refractivity contribution in [1.82, 2.24) is 4.98 Å². The molecule has 0 saturated heterocycles. The Kier molecular flexibility index (Phi) is 2.48. The van der Waals surface area contributed by atoms with Gasteiger partial charge >= 0.3 is 0 Å². The highest BCUT2D eigenvalue weighted by Gasteiger charge is 2.15. The van der Waals surface area contributed by atoms with Gasteiger partial charge in [-0.3, -0.25) is 4.79 Å². The summed E-state index contributed by atoms with van der Waals surface area (Å²) in [5, 5.41) is 0. The van der Waals surface area contributed by atoms with Crippen molar-refractivity contribution >= 4 is 17.3 Å². The predicted octanol–water partition coefficient (Wildman–Crippen LogP) is 1.22. The van der Waals surface area contributed by atoms with Gasteiger partial charge in [0.15, 0.2) is 0 Å². The van der Waals surface area contributed by atoms with Crippen molar-refractivity contribution in [1.29, 1.82) is 0 Å². The van der Waals surface area contributed by atoms with Crippen LogP contribution in [-0.2, 0) is 4.79 Å². The third-order valence-corrected chi connectivity index (χ3v) is 2.43. The Morgan fingerprint density at radius 2 is 2.25 bits per heavy atom. The van der Waals surface area contributed by atoms with Gasteiger partial charge in [0.25, 0.3) is 0 Å². The number of rotatable bonds is 1. The average Bonchev–Trinajstić information content (AvgIpc) is 2.22. The third-order valence-electron chi connectivity index (χ3n) is 2.43. The van der Waals surface area contributed by atoms with E-state index in [-0.39, 0.29) is 0 Å². The van der Waals surface area contributed by atoms with Crippen LogP contribution in [0.25, 0.3) is 5.57 Å². The summed E-state index contributed by atoms with van der Waals surface area (Å²) in [7, 11) is 1.92. The van der Waals surface area contributed by atoms with Crippen LogP contribution >= 0.6 is 0 Å². The summed E-state index contributed by atoms with van der Waals surface area (Å²) in [5.41, 5.74) is 7.83. The first-order valence-corrected chi connectivity index (χ1v) is 4.98. The normalized spacial score (nSPS) is 16.4. The number of allylic oxidation sites excluding steroid dienone is 2. The fourth-order valence-electron chi connectivity index (χ4n) is 1.67. The second-order valence-electron chi connectivity index (χ2n) is 3.75. The summed E-state index contributed by atoms with van der Waals surface area (Å²) in [6, 6.07) is 3.87. The Balaban J connectivity index is 2.58. The van der Waals surface area contributed by atoms with E-state index in [4.69, 9.17) is 5.73 Å². The topological polar surface area (TPSA) is 59.2 Å². The number of aromatic nitrogens is 1. The molecule has 2 N–H and O–H groups in total. The first-order valence-electron chi connectivity index (χ1n) is 4.98. The average molecular weight is 215 g/mol. The van der Waals surface area contributed by atoms with Crippen LogP contribution in [0, 0.1) is 6.92 Å². The minimum absolute atomic E-state index is 0.448. The number of fused-ring (bicyclic) bond motifs is 1. The summed E-state index contributed by atoms with van der Waals surface area (Å²) in [5.74, 6) is 0.394. The lowest BCUT2D eigenvalue weighted by Crippen LogP contribution is -2.17. The molecule has 0 aromatic carbocycles.